The quantitative estimate of drug-likeness (QED) is 0.557. The minimum atomic E-state index is 0.128. The first-order valence-electron chi connectivity index (χ1n) is 5.66. The van der Waals surface area contributed by atoms with Gasteiger partial charge >= 0.3 is 0 Å². The topological polar surface area (TPSA) is 17.1 Å². The van der Waals surface area contributed by atoms with Crippen molar-refractivity contribution in [3.05, 3.63) is 0 Å². The Morgan fingerprint density at radius 1 is 1.31 bits per heavy atom. The van der Waals surface area contributed by atoms with Crippen LogP contribution in [0, 0.1) is 22.7 Å². The Morgan fingerprint density at radius 3 is 2.38 bits per heavy atom. The smallest absolute Gasteiger partial charge is 0.139 e. The van der Waals surface area contributed by atoms with Gasteiger partial charge in [-0.15, -0.1) is 0 Å². The van der Waals surface area contributed by atoms with Crippen molar-refractivity contribution in [2.24, 2.45) is 22.7 Å². The lowest BCUT2D eigenvalue weighted by molar-refractivity contribution is -0.124. The van der Waals surface area contributed by atoms with Crippen LogP contribution in [-0.4, -0.2) is 5.78 Å². The van der Waals surface area contributed by atoms with E-state index < -0.39 is 0 Å². The molecule has 0 bridgehead atoms. The van der Waals surface area contributed by atoms with Crippen molar-refractivity contribution < 1.29 is 4.79 Å². The van der Waals surface area contributed by atoms with Crippen LogP contribution < -0.4 is 0 Å². The fourth-order valence-corrected chi connectivity index (χ4v) is 4.83. The molecule has 3 atom stereocenters. The van der Waals surface area contributed by atoms with Crippen LogP contribution in [0.3, 0.4) is 0 Å². The Balaban J connectivity index is 2.01. The minimum Gasteiger partial charge on any atom is -0.299 e. The first-order chi connectivity index (χ1) is 6.13. The van der Waals surface area contributed by atoms with Crippen LogP contribution in [0.4, 0.5) is 0 Å². The van der Waals surface area contributed by atoms with Crippen molar-refractivity contribution in [1.29, 1.82) is 0 Å². The van der Waals surface area contributed by atoms with E-state index in [0.717, 1.165) is 12.3 Å². The van der Waals surface area contributed by atoms with E-state index in [0.29, 0.717) is 17.1 Å². The monoisotopic (exact) mass is 178 g/mol. The average molecular weight is 178 g/mol. The van der Waals surface area contributed by atoms with E-state index in [2.05, 4.69) is 13.8 Å². The van der Waals surface area contributed by atoms with Gasteiger partial charge in [-0.05, 0) is 30.1 Å². The third kappa shape index (κ3) is 0.628. The fourth-order valence-electron chi connectivity index (χ4n) is 4.83. The van der Waals surface area contributed by atoms with E-state index in [9.17, 15) is 4.79 Å². The number of carbonyl (C=O) groups is 1. The van der Waals surface area contributed by atoms with Gasteiger partial charge in [-0.1, -0.05) is 26.7 Å². The van der Waals surface area contributed by atoms with E-state index in [4.69, 9.17) is 0 Å². The second kappa shape index (κ2) is 2.02. The molecule has 0 N–H and O–H groups in total. The van der Waals surface area contributed by atoms with Crippen LogP contribution in [0.15, 0.2) is 0 Å². The number of hydrogen-bond donors (Lipinski definition) is 0. The Hall–Kier alpha value is -0.330. The van der Waals surface area contributed by atoms with Gasteiger partial charge in [0.1, 0.15) is 5.78 Å². The molecule has 3 rings (SSSR count). The highest BCUT2D eigenvalue weighted by Gasteiger charge is 2.80. The van der Waals surface area contributed by atoms with Gasteiger partial charge < -0.3 is 0 Å². The molecule has 0 aliphatic heterocycles. The summed E-state index contributed by atoms with van der Waals surface area (Å²) in [4.78, 5) is 11.9. The van der Waals surface area contributed by atoms with Crippen LogP contribution in [-0.2, 0) is 4.79 Å². The summed E-state index contributed by atoms with van der Waals surface area (Å²) in [5.41, 5.74) is 0.616. The van der Waals surface area contributed by atoms with Gasteiger partial charge in [0.2, 0.25) is 0 Å². The molecule has 0 radical (unpaired) electrons. The van der Waals surface area contributed by atoms with E-state index in [1.165, 1.54) is 25.7 Å². The highest BCUT2D eigenvalue weighted by atomic mass is 16.1. The van der Waals surface area contributed by atoms with Gasteiger partial charge in [-0.25, -0.2) is 0 Å². The third-order valence-corrected chi connectivity index (χ3v) is 5.32. The predicted octanol–water partition coefficient (Wildman–Crippen LogP) is 2.79. The Kier molecular flexibility index (Phi) is 1.24. The van der Waals surface area contributed by atoms with Gasteiger partial charge in [0.25, 0.3) is 0 Å². The predicted molar refractivity (Wildman–Crippen MR) is 51.3 cm³/mol. The molecular weight excluding hydrogens is 160 g/mol. The SMILES string of the molecule is CC1CC(=O)C2(C)C1C21CCCC1. The van der Waals surface area contributed by atoms with Gasteiger partial charge in [0.05, 0.1) is 0 Å². The maximum absolute atomic E-state index is 11.9. The summed E-state index contributed by atoms with van der Waals surface area (Å²) in [7, 11) is 0. The number of rotatable bonds is 0. The first-order valence-corrected chi connectivity index (χ1v) is 5.66. The highest BCUT2D eigenvalue weighted by Crippen LogP contribution is 2.81. The van der Waals surface area contributed by atoms with Gasteiger partial charge in [-0.3, -0.25) is 4.79 Å². The molecule has 72 valence electrons. The average Bonchev–Trinajstić information content (AvgIpc) is 2.44. The molecule has 0 aromatic heterocycles. The zero-order valence-electron chi connectivity index (χ0n) is 8.60. The van der Waals surface area contributed by atoms with Crippen molar-refractivity contribution in [2.75, 3.05) is 0 Å². The Labute approximate surface area is 79.9 Å². The van der Waals surface area contributed by atoms with Crippen LogP contribution in [0.5, 0.6) is 0 Å². The molecule has 0 aromatic rings. The van der Waals surface area contributed by atoms with Crippen LogP contribution in [0.1, 0.15) is 46.0 Å². The Morgan fingerprint density at radius 2 is 1.92 bits per heavy atom. The number of hydrogen-bond acceptors (Lipinski definition) is 1. The van der Waals surface area contributed by atoms with Crippen LogP contribution in [0.25, 0.3) is 0 Å². The summed E-state index contributed by atoms with van der Waals surface area (Å²) < 4.78 is 0. The fraction of sp³-hybridized carbons (Fsp3) is 0.917. The normalized spacial score (nSPS) is 51.4. The molecule has 1 heteroatoms. The molecule has 3 aliphatic carbocycles. The largest absolute Gasteiger partial charge is 0.299 e. The molecule has 1 spiro atoms. The Bertz CT molecular complexity index is 275. The standard InChI is InChI=1S/C12H18O/c1-8-7-9(13)11(2)10(8)12(11)5-3-4-6-12/h8,10H,3-7H2,1-2H3. The van der Waals surface area contributed by atoms with Crippen molar-refractivity contribution in [3.8, 4) is 0 Å². The lowest BCUT2D eigenvalue weighted by Crippen LogP contribution is -2.19. The summed E-state index contributed by atoms with van der Waals surface area (Å²) in [6.07, 6.45) is 6.27. The van der Waals surface area contributed by atoms with Crippen molar-refractivity contribution in [3.63, 3.8) is 0 Å². The summed E-state index contributed by atoms with van der Waals surface area (Å²) >= 11 is 0. The summed E-state index contributed by atoms with van der Waals surface area (Å²) in [5, 5.41) is 0. The van der Waals surface area contributed by atoms with Crippen LogP contribution >= 0.6 is 0 Å². The third-order valence-electron chi connectivity index (χ3n) is 5.32. The van der Waals surface area contributed by atoms with Gasteiger partial charge in [0.15, 0.2) is 0 Å². The first kappa shape index (κ1) is 8.02. The van der Waals surface area contributed by atoms with Crippen molar-refractivity contribution in [2.45, 2.75) is 46.0 Å². The van der Waals surface area contributed by atoms with E-state index in [1.807, 2.05) is 0 Å². The zero-order valence-corrected chi connectivity index (χ0v) is 8.60. The molecule has 13 heavy (non-hydrogen) atoms. The second-order valence-corrected chi connectivity index (χ2v) is 5.65. The van der Waals surface area contributed by atoms with Crippen molar-refractivity contribution >= 4 is 5.78 Å². The second-order valence-electron chi connectivity index (χ2n) is 5.65. The summed E-state index contributed by atoms with van der Waals surface area (Å²) in [6.45, 7) is 4.52. The van der Waals surface area contributed by atoms with E-state index >= 15 is 0 Å². The molecule has 0 saturated heterocycles. The maximum atomic E-state index is 11.9. The molecule has 3 unspecified atom stereocenters. The minimum absolute atomic E-state index is 0.128. The highest BCUT2D eigenvalue weighted by molar-refractivity contribution is 5.92. The molecule has 1 nitrogen and oxygen atoms in total. The maximum Gasteiger partial charge on any atom is 0.139 e. The number of ketones is 1. The molecular formula is C12H18O. The zero-order chi connectivity index (χ0) is 9.27. The molecule has 3 aliphatic rings. The molecule has 3 fully saturated rings. The number of carbonyl (C=O) groups excluding carboxylic acids is 1. The number of Topliss-reactive ketones (excluding diaryl/α,β-unsaturated/α-hetero) is 1. The molecule has 0 amide bonds. The lowest BCUT2D eigenvalue weighted by Gasteiger charge is -2.18. The number of fused-ring (bicyclic) bond motifs is 3. The van der Waals surface area contributed by atoms with Gasteiger partial charge in [0, 0.05) is 11.8 Å². The lowest BCUT2D eigenvalue weighted by atomic mass is 9.85. The van der Waals surface area contributed by atoms with Gasteiger partial charge in [-0.2, -0.15) is 0 Å². The molecule has 3 saturated carbocycles. The summed E-state index contributed by atoms with van der Waals surface area (Å²) in [5.74, 6) is 2.01. The summed E-state index contributed by atoms with van der Waals surface area (Å²) in [6, 6.07) is 0. The van der Waals surface area contributed by atoms with Crippen molar-refractivity contribution in [1.82, 2.24) is 0 Å². The molecule has 0 heterocycles. The van der Waals surface area contributed by atoms with E-state index in [1.54, 1.807) is 0 Å². The van der Waals surface area contributed by atoms with E-state index in [-0.39, 0.29) is 5.41 Å². The van der Waals surface area contributed by atoms with Crippen LogP contribution in [0.2, 0.25) is 0 Å². The molecule has 0 aromatic carbocycles.